The molecule has 1 rings (SSSR count). The Bertz CT molecular complexity index is 513. The smallest absolute Gasteiger partial charge is 0.240 e. The first-order chi connectivity index (χ1) is 9.53. The topological polar surface area (TPSA) is 58.2 Å². The first kappa shape index (κ1) is 17.1. The van der Waals surface area contributed by atoms with E-state index in [1.54, 1.807) is 12.1 Å². The van der Waals surface area contributed by atoms with Crippen LogP contribution in [-0.2, 0) is 16.6 Å². The van der Waals surface area contributed by atoms with Crippen LogP contribution < -0.4 is 10.0 Å². The van der Waals surface area contributed by atoms with Crippen LogP contribution in [0.5, 0.6) is 0 Å². The Balaban J connectivity index is 2.74. The minimum absolute atomic E-state index is 0.390. The number of sulfonamides is 1. The van der Waals surface area contributed by atoms with Crippen LogP contribution in [0.25, 0.3) is 0 Å². The Hall–Kier alpha value is -0.910. The second kappa shape index (κ2) is 8.39. The van der Waals surface area contributed by atoms with Gasteiger partial charge in [0, 0.05) is 13.1 Å². The van der Waals surface area contributed by atoms with E-state index in [-0.39, 0.29) is 0 Å². The first-order valence-electron chi connectivity index (χ1n) is 7.25. The fourth-order valence-corrected chi connectivity index (χ4v) is 3.53. The molecule has 20 heavy (non-hydrogen) atoms. The van der Waals surface area contributed by atoms with Crippen molar-refractivity contribution in [3.05, 3.63) is 29.3 Å². The molecule has 0 aromatic heterocycles. The van der Waals surface area contributed by atoms with Crippen molar-refractivity contribution in [3.63, 3.8) is 0 Å². The maximum Gasteiger partial charge on any atom is 0.240 e. The van der Waals surface area contributed by atoms with Gasteiger partial charge in [0.05, 0.1) is 4.90 Å². The lowest BCUT2D eigenvalue weighted by Crippen LogP contribution is -2.26. The molecule has 0 atom stereocenters. The third kappa shape index (κ3) is 4.89. The van der Waals surface area contributed by atoms with Gasteiger partial charge in [-0.05, 0) is 37.6 Å². The highest BCUT2D eigenvalue weighted by molar-refractivity contribution is 7.89. The maximum absolute atomic E-state index is 12.3. The zero-order valence-electron chi connectivity index (χ0n) is 12.7. The number of rotatable bonds is 9. The van der Waals surface area contributed by atoms with E-state index in [0.717, 1.165) is 36.8 Å². The van der Waals surface area contributed by atoms with Crippen LogP contribution in [0.2, 0.25) is 0 Å². The van der Waals surface area contributed by atoms with Crippen molar-refractivity contribution in [1.82, 2.24) is 10.0 Å². The summed E-state index contributed by atoms with van der Waals surface area (Å²) in [6.07, 6.45) is 4.26. The average molecular weight is 298 g/mol. The van der Waals surface area contributed by atoms with E-state index in [9.17, 15) is 8.42 Å². The zero-order valence-corrected chi connectivity index (χ0v) is 13.5. The van der Waals surface area contributed by atoms with E-state index in [0.29, 0.717) is 18.0 Å². The summed E-state index contributed by atoms with van der Waals surface area (Å²) >= 11 is 0. The van der Waals surface area contributed by atoms with E-state index in [4.69, 9.17) is 0 Å². The molecule has 0 heterocycles. The van der Waals surface area contributed by atoms with E-state index in [2.05, 4.69) is 17.0 Å². The number of hydrogen-bond donors (Lipinski definition) is 2. The third-order valence-corrected chi connectivity index (χ3v) is 4.98. The molecule has 2 N–H and O–H groups in total. The quantitative estimate of drug-likeness (QED) is 0.689. The Morgan fingerprint density at radius 1 is 1.15 bits per heavy atom. The summed E-state index contributed by atoms with van der Waals surface area (Å²) < 4.78 is 27.3. The molecule has 114 valence electrons. The third-order valence-electron chi connectivity index (χ3n) is 3.38. The molecule has 0 saturated carbocycles. The summed E-state index contributed by atoms with van der Waals surface area (Å²) in [5.74, 6) is 0. The van der Waals surface area contributed by atoms with Crippen LogP contribution >= 0.6 is 0 Å². The minimum atomic E-state index is -3.40. The van der Waals surface area contributed by atoms with Crippen LogP contribution in [0.3, 0.4) is 0 Å². The fraction of sp³-hybridized carbons (Fsp3) is 0.600. The molecule has 0 radical (unpaired) electrons. The highest BCUT2D eigenvalue weighted by atomic mass is 32.2. The van der Waals surface area contributed by atoms with Crippen LogP contribution in [0.4, 0.5) is 0 Å². The van der Waals surface area contributed by atoms with Crippen molar-refractivity contribution < 1.29 is 8.42 Å². The molecule has 5 heteroatoms. The Morgan fingerprint density at radius 3 is 2.55 bits per heavy atom. The molecule has 0 saturated heterocycles. The largest absolute Gasteiger partial charge is 0.316 e. The van der Waals surface area contributed by atoms with Crippen molar-refractivity contribution in [2.24, 2.45) is 0 Å². The van der Waals surface area contributed by atoms with Crippen LogP contribution in [-0.4, -0.2) is 22.0 Å². The molecular weight excluding hydrogens is 272 g/mol. The summed E-state index contributed by atoms with van der Waals surface area (Å²) in [6, 6.07) is 5.42. The summed E-state index contributed by atoms with van der Waals surface area (Å²) in [6.45, 7) is 5.18. The lowest BCUT2D eigenvalue weighted by atomic mass is 10.1. The second-order valence-corrected chi connectivity index (χ2v) is 6.76. The van der Waals surface area contributed by atoms with Gasteiger partial charge in [-0.1, -0.05) is 38.3 Å². The van der Waals surface area contributed by atoms with Crippen molar-refractivity contribution >= 4 is 10.0 Å². The molecule has 0 spiro atoms. The highest BCUT2D eigenvalue weighted by Crippen LogP contribution is 2.18. The van der Waals surface area contributed by atoms with Gasteiger partial charge in [0.15, 0.2) is 0 Å². The van der Waals surface area contributed by atoms with Gasteiger partial charge in [0.1, 0.15) is 0 Å². The standard InChI is InChI=1S/C15H26N2O2S/c1-4-5-6-7-11-17-20(18,19)15-10-8-9-14(12-16-3)13(15)2/h8-10,16-17H,4-7,11-12H2,1-3H3. The lowest BCUT2D eigenvalue weighted by Gasteiger charge is -2.12. The average Bonchev–Trinajstić information content (AvgIpc) is 2.41. The normalized spacial score (nSPS) is 11.8. The van der Waals surface area contributed by atoms with Gasteiger partial charge in [-0.2, -0.15) is 0 Å². The Kier molecular flexibility index (Phi) is 7.19. The molecule has 0 aliphatic heterocycles. The molecule has 0 amide bonds. The van der Waals surface area contributed by atoms with Crippen molar-refractivity contribution in [3.8, 4) is 0 Å². The van der Waals surface area contributed by atoms with E-state index >= 15 is 0 Å². The van der Waals surface area contributed by atoms with Crippen molar-refractivity contribution in [2.45, 2.75) is 51.0 Å². The van der Waals surface area contributed by atoms with Crippen LogP contribution in [0.15, 0.2) is 23.1 Å². The fourth-order valence-electron chi connectivity index (χ4n) is 2.17. The molecule has 1 aromatic rings. The molecule has 0 bridgehead atoms. The van der Waals surface area contributed by atoms with Gasteiger partial charge in [0.2, 0.25) is 10.0 Å². The van der Waals surface area contributed by atoms with Crippen molar-refractivity contribution in [2.75, 3.05) is 13.6 Å². The maximum atomic E-state index is 12.3. The van der Waals surface area contributed by atoms with E-state index in [1.165, 1.54) is 0 Å². The van der Waals surface area contributed by atoms with Gasteiger partial charge < -0.3 is 5.32 Å². The number of nitrogens with one attached hydrogen (secondary N) is 2. The number of hydrogen-bond acceptors (Lipinski definition) is 3. The predicted molar refractivity (Wildman–Crippen MR) is 83.3 cm³/mol. The van der Waals surface area contributed by atoms with Crippen LogP contribution in [0.1, 0.15) is 43.7 Å². The molecule has 0 aliphatic rings. The predicted octanol–water partition coefficient (Wildman–Crippen LogP) is 2.57. The monoisotopic (exact) mass is 298 g/mol. The zero-order chi connectivity index (χ0) is 15.0. The molecular formula is C15H26N2O2S. The summed E-state index contributed by atoms with van der Waals surface area (Å²) in [5.41, 5.74) is 1.84. The highest BCUT2D eigenvalue weighted by Gasteiger charge is 2.17. The lowest BCUT2D eigenvalue weighted by molar-refractivity contribution is 0.572. The van der Waals surface area contributed by atoms with E-state index in [1.807, 2.05) is 20.0 Å². The van der Waals surface area contributed by atoms with Crippen molar-refractivity contribution in [1.29, 1.82) is 0 Å². The Morgan fingerprint density at radius 2 is 1.90 bits per heavy atom. The van der Waals surface area contributed by atoms with E-state index < -0.39 is 10.0 Å². The molecule has 4 nitrogen and oxygen atoms in total. The second-order valence-electron chi connectivity index (χ2n) is 5.03. The molecule has 0 unspecified atom stereocenters. The first-order valence-corrected chi connectivity index (χ1v) is 8.74. The van der Waals surface area contributed by atoms with Crippen LogP contribution in [0, 0.1) is 6.92 Å². The molecule has 0 fully saturated rings. The number of unbranched alkanes of at least 4 members (excludes halogenated alkanes) is 3. The van der Waals surface area contributed by atoms with Gasteiger partial charge in [-0.25, -0.2) is 13.1 Å². The minimum Gasteiger partial charge on any atom is -0.316 e. The van der Waals surface area contributed by atoms with Gasteiger partial charge >= 0.3 is 0 Å². The van der Waals surface area contributed by atoms with Gasteiger partial charge in [-0.15, -0.1) is 0 Å². The van der Waals surface area contributed by atoms with Gasteiger partial charge in [-0.3, -0.25) is 0 Å². The summed E-state index contributed by atoms with van der Waals surface area (Å²) in [5, 5.41) is 3.05. The number of benzene rings is 1. The summed E-state index contributed by atoms with van der Waals surface area (Å²) in [7, 11) is -1.54. The molecule has 0 aliphatic carbocycles. The summed E-state index contributed by atoms with van der Waals surface area (Å²) in [4.78, 5) is 0.390. The SMILES string of the molecule is CCCCCCNS(=O)(=O)c1cccc(CNC)c1C. The molecule has 1 aromatic carbocycles. The Labute approximate surface area is 123 Å². The van der Waals surface area contributed by atoms with Gasteiger partial charge in [0.25, 0.3) is 0 Å².